The molecule has 28 heavy (non-hydrogen) atoms. The first-order valence-corrected chi connectivity index (χ1v) is 8.47. The van der Waals surface area contributed by atoms with E-state index in [2.05, 4.69) is 4.52 Å². The summed E-state index contributed by atoms with van der Waals surface area (Å²) < 4.78 is 60.2. The first-order valence-electron chi connectivity index (χ1n) is 7.29. The van der Waals surface area contributed by atoms with E-state index in [4.69, 9.17) is 4.74 Å². The molecule has 0 N–H and O–H groups in total. The minimum absolute atomic E-state index is 0.143. The molecule has 13 heteroatoms. The molecule has 2 aromatic carbocycles. The largest absolute Gasteiger partial charge is 0.556 e. The molecule has 0 bridgehead atoms. The van der Waals surface area contributed by atoms with E-state index in [0.717, 1.165) is 25.3 Å². The summed E-state index contributed by atoms with van der Waals surface area (Å²) >= 11 is 0. The Morgan fingerprint density at radius 1 is 1.00 bits per heavy atom. The lowest BCUT2D eigenvalue weighted by Gasteiger charge is -2.11. The van der Waals surface area contributed by atoms with E-state index in [0.29, 0.717) is 12.1 Å². The minimum Gasteiger partial charge on any atom is -0.450 e. The third-order valence-corrected chi connectivity index (χ3v) is 4.62. The molecular formula is C15H11F3N2O7P+. The maximum atomic E-state index is 12.8. The van der Waals surface area contributed by atoms with Crippen LogP contribution in [0.3, 0.4) is 0 Å². The van der Waals surface area contributed by atoms with Gasteiger partial charge in [-0.25, -0.2) is 0 Å². The fraction of sp³-hybridized carbons (Fsp3) is 0.200. The zero-order valence-electron chi connectivity index (χ0n) is 14.2. The molecule has 0 amide bonds. The smallest absolute Gasteiger partial charge is 0.450 e. The van der Waals surface area contributed by atoms with Crippen LogP contribution in [0, 0.1) is 27.2 Å². The number of nitro groups is 2. The Morgan fingerprint density at radius 2 is 1.61 bits per heavy atom. The highest BCUT2D eigenvalue weighted by Gasteiger charge is 2.36. The molecule has 0 aromatic heterocycles. The van der Waals surface area contributed by atoms with Crippen molar-refractivity contribution in [1.29, 1.82) is 0 Å². The van der Waals surface area contributed by atoms with Gasteiger partial charge in [0.05, 0.1) is 22.5 Å². The van der Waals surface area contributed by atoms with Crippen LogP contribution in [0.1, 0.15) is 11.1 Å². The van der Waals surface area contributed by atoms with Gasteiger partial charge in [0.25, 0.3) is 0 Å². The van der Waals surface area contributed by atoms with Gasteiger partial charge in [-0.15, -0.1) is 4.52 Å². The highest BCUT2D eigenvalue weighted by Crippen LogP contribution is 2.39. The molecule has 0 aliphatic heterocycles. The summed E-state index contributed by atoms with van der Waals surface area (Å²) in [4.78, 5) is 20.4. The zero-order valence-corrected chi connectivity index (χ0v) is 15.1. The average Bonchev–Trinajstić information content (AvgIpc) is 2.61. The van der Waals surface area contributed by atoms with Gasteiger partial charge in [-0.1, -0.05) is 0 Å². The van der Waals surface area contributed by atoms with Crippen LogP contribution in [-0.4, -0.2) is 17.0 Å². The van der Waals surface area contributed by atoms with Crippen molar-refractivity contribution in [2.75, 3.05) is 7.11 Å². The van der Waals surface area contributed by atoms with E-state index in [1.165, 1.54) is 6.92 Å². The van der Waals surface area contributed by atoms with Crippen LogP contribution in [0.25, 0.3) is 0 Å². The highest BCUT2D eigenvalue weighted by molar-refractivity contribution is 7.48. The lowest BCUT2D eigenvalue weighted by atomic mass is 10.1. The molecule has 148 valence electrons. The van der Waals surface area contributed by atoms with Crippen molar-refractivity contribution < 1.29 is 36.8 Å². The van der Waals surface area contributed by atoms with Crippen LogP contribution >= 0.6 is 8.03 Å². The van der Waals surface area contributed by atoms with Gasteiger partial charge in [0.2, 0.25) is 5.75 Å². The molecule has 9 nitrogen and oxygen atoms in total. The number of aryl methyl sites for hydroxylation is 1. The summed E-state index contributed by atoms with van der Waals surface area (Å²) in [6.07, 6.45) is -4.80. The molecule has 0 fully saturated rings. The second-order valence-corrected chi connectivity index (χ2v) is 6.70. The summed E-state index contributed by atoms with van der Waals surface area (Å²) in [7, 11) is -1.57. The minimum atomic E-state index is -4.80. The van der Waals surface area contributed by atoms with E-state index in [1.807, 2.05) is 0 Å². The van der Waals surface area contributed by atoms with Crippen molar-refractivity contribution in [2.24, 2.45) is 0 Å². The van der Waals surface area contributed by atoms with E-state index in [1.54, 1.807) is 0 Å². The second kappa shape index (κ2) is 7.87. The van der Waals surface area contributed by atoms with E-state index in [-0.39, 0.29) is 16.6 Å². The predicted octanol–water partition coefficient (Wildman–Crippen LogP) is 4.64. The molecule has 1 atom stereocenters. The lowest BCUT2D eigenvalue weighted by molar-refractivity contribution is -0.385. The second-order valence-electron chi connectivity index (χ2n) is 5.34. The third kappa shape index (κ3) is 4.41. The number of alkyl halides is 3. The third-order valence-electron chi connectivity index (χ3n) is 3.53. The number of ether oxygens (including phenoxy) is 1. The number of hydrogen-bond acceptors (Lipinski definition) is 7. The van der Waals surface area contributed by atoms with Gasteiger partial charge in [-0.05, 0) is 29.2 Å². The van der Waals surface area contributed by atoms with Crippen molar-refractivity contribution in [3.8, 4) is 11.5 Å². The molecule has 0 spiro atoms. The summed E-state index contributed by atoms with van der Waals surface area (Å²) in [6, 6.07) is 3.69. The van der Waals surface area contributed by atoms with Crippen LogP contribution < -0.4 is 10.0 Å². The molecule has 1 unspecified atom stereocenters. The van der Waals surface area contributed by atoms with Crippen LogP contribution in [0.5, 0.6) is 11.5 Å². The molecule has 0 radical (unpaired) electrons. The Hall–Kier alpha value is -3.11. The number of hydrogen-bond donors (Lipinski definition) is 0. The van der Waals surface area contributed by atoms with Crippen LogP contribution in [-0.2, 0) is 15.3 Å². The van der Waals surface area contributed by atoms with Gasteiger partial charge >= 0.3 is 30.9 Å². The van der Waals surface area contributed by atoms with Crippen molar-refractivity contribution in [1.82, 2.24) is 0 Å². The SMILES string of the molecule is CO[P+](=O)c1cc(Oc2ccc(C(F)(F)F)cc2[N+](=O)[O-])c(C)cc1[N+](=O)[O-]. The number of benzene rings is 2. The average molecular weight is 419 g/mol. The summed E-state index contributed by atoms with van der Waals surface area (Å²) in [5.74, 6) is -0.683. The molecule has 0 heterocycles. The Bertz CT molecular complexity index is 979. The van der Waals surface area contributed by atoms with Crippen LogP contribution in [0.2, 0.25) is 0 Å². The first kappa shape index (κ1) is 21.2. The molecule has 0 aliphatic rings. The normalized spacial score (nSPS) is 11.8. The molecule has 2 aromatic rings. The zero-order chi connectivity index (χ0) is 21.2. The topological polar surface area (TPSA) is 122 Å². The van der Waals surface area contributed by atoms with Gasteiger partial charge < -0.3 is 4.74 Å². The van der Waals surface area contributed by atoms with E-state index in [9.17, 15) is 38.0 Å². The van der Waals surface area contributed by atoms with Crippen molar-refractivity contribution in [2.45, 2.75) is 13.1 Å². The molecule has 0 saturated heterocycles. The van der Waals surface area contributed by atoms with Gasteiger partial charge in [-0.3, -0.25) is 20.2 Å². The Morgan fingerprint density at radius 3 is 2.11 bits per heavy atom. The Kier molecular flexibility index (Phi) is 5.95. The van der Waals surface area contributed by atoms with E-state index < -0.39 is 46.7 Å². The van der Waals surface area contributed by atoms with Crippen LogP contribution in [0.15, 0.2) is 30.3 Å². The van der Waals surface area contributed by atoms with E-state index >= 15 is 0 Å². The van der Waals surface area contributed by atoms with Gasteiger partial charge in [-0.2, -0.15) is 13.2 Å². The molecular weight excluding hydrogens is 408 g/mol. The van der Waals surface area contributed by atoms with Crippen molar-refractivity contribution >= 4 is 24.7 Å². The maximum Gasteiger partial charge on any atom is 0.556 e. The fourth-order valence-electron chi connectivity index (χ4n) is 2.20. The highest BCUT2D eigenvalue weighted by atomic mass is 31.1. The quantitative estimate of drug-likeness (QED) is 0.380. The fourth-order valence-corrected chi connectivity index (χ4v) is 2.96. The van der Waals surface area contributed by atoms with Gasteiger partial charge in [0.15, 0.2) is 0 Å². The number of nitro benzene ring substituents is 2. The number of halogens is 3. The predicted molar refractivity (Wildman–Crippen MR) is 90.3 cm³/mol. The summed E-state index contributed by atoms with van der Waals surface area (Å²) in [6.45, 7) is 1.38. The Balaban J connectivity index is 2.58. The molecule has 2 rings (SSSR count). The Labute approximate surface area is 155 Å². The van der Waals surface area contributed by atoms with Crippen molar-refractivity contribution in [3.63, 3.8) is 0 Å². The van der Waals surface area contributed by atoms with Gasteiger partial charge in [0.1, 0.15) is 5.75 Å². The van der Waals surface area contributed by atoms with Gasteiger partial charge in [0, 0.05) is 18.2 Å². The first-order chi connectivity index (χ1) is 13.0. The monoisotopic (exact) mass is 419 g/mol. The number of rotatable bonds is 6. The summed E-state index contributed by atoms with van der Waals surface area (Å²) in [5.41, 5.74) is -2.57. The maximum absolute atomic E-state index is 12.8. The van der Waals surface area contributed by atoms with Crippen LogP contribution in [0.4, 0.5) is 24.5 Å². The standard InChI is InChI=1S/C15H11F3N2O7P/c1-8-5-11(20(23)24)14(28(25)26-2)7-13(8)27-12-4-3-9(15(16,17)18)6-10(12)19(21)22/h3-7H,1-2H3/q+1. The molecule has 0 saturated carbocycles. The summed E-state index contributed by atoms with van der Waals surface area (Å²) in [5, 5.41) is 21.9. The van der Waals surface area contributed by atoms with Crippen molar-refractivity contribution in [3.05, 3.63) is 61.7 Å². The molecule has 0 aliphatic carbocycles. The lowest BCUT2D eigenvalue weighted by Crippen LogP contribution is -2.09. The number of nitrogens with zero attached hydrogens (tertiary/aromatic N) is 2.